The number of aromatic carboxylic acids is 1. The van der Waals surface area contributed by atoms with E-state index in [4.69, 9.17) is 10.2 Å². The predicted molar refractivity (Wildman–Crippen MR) is 59.5 cm³/mol. The second-order valence-corrected chi connectivity index (χ2v) is 3.24. The van der Waals surface area contributed by atoms with Gasteiger partial charge in [0.25, 0.3) is 0 Å². The lowest BCUT2D eigenvalue weighted by Gasteiger charge is -2.03. The van der Waals surface area contributed by atoms with Crippen LogP contribution in [-0.2, 0) is 9.59 Å². The Kier molecular flexibility index (Phi) is 4.09. The van der Waals surface area contributed by atoms with Crippen LogP contribution in [0, 0.1) is 0 Å². The zero-order chi connectivity index (χ0) is 13.7. The molecule has 1 aromatic rings. The first kappa shape index (κ1) is 13.3. The zero-order valence-corrected chi connectivity index (χ0v) is 8.99. The molecule has 0 bridgehead atoms. The van der Waals surface area contributed by atoms with Crippen LogP contribution in [0.15, 0.2) is 35.9 Å². The van der Waals surface area contributed by atoms with E-state index in [1.54, 1.807) is 0 Å². The summed E-state index contributed by atoms with van der Waals surface area (Å²) in [6.45, 7) is 0. The van der Waals surface area contributed by atoms with Crippen molar-refractivity contribution in [3.8, 4) is 0 Å². The number of carboxylic acid groups (broad SMARTS) is 2. The molecule has 92 valence electrons. The fourth-order valence-electron chi connectivity index (χ4n) is 1.31. The van der Waals surface area contributed by atoms with Crippen molar-refractivity contribution in [2.45, 2.75) is 0 Å². The van der Waals surface area contributed by atoms with Crippen LogP contribution in [0.2, 0.25) is 0 Å². The third-order valence-electron chi connectivity index (χ3n) is 2.07. The van der Waals surface area contributed by atoms with E-state index in [0.29, 0.717) is 6.08 Å². The molecule has 0 amide bonds. The molecule has 0 aromatic heterocycles. The minimum atomic E-state index is -1.46. The van der Waals surface area contributed by atoms with Gasteiger partial charge in [-0.2, -0.15) is 0 Å². The minimum absolute atomic E-state index is 0.0785. The van der Waals surface area contributed by atoms with Gasteiger partial charge in [-0.1, -0.05) is 18.2 Å². The van der Waals surface area contributed by atoms with Gasteiger partial charge >= 0.3 is 11.9 Å². The number of benzene rings is 1. The van der Waals surface area contributed by atoms with Crippen molar-refractivity contribution >= 4 is 24.0 Å². The van der Waals surface area contributed by atoms with Crippen LogP contribution in [0.4, 0.5) is 0 Å². The number of carbonyl (C=O) groups excluding carboxylic acids is 2. The van der Waals surface area contributed by atoms with Crippen molar-refractivity contribution in [1.82, 2.24) is 0 Å². The Morgan fingerprint density at radius 1 is 1.00 bits per heavy atom. The predicted octanol–water partition coefficient (Wildman–Crippen LogP) is 0.777. The highest BCUT2D eigenvalue weighted by molar-refractivity contribution is 6.24. The van der Waals surface area contributed by atoms with Crippen LogP contribution in [0.5, 0.6) is 0 Å². The van der Waals surface area contributed by atoms with Crippen molar-refractivity contribution in [2.75, 3.05) is 0 Å². The summed E-state index contributed by atoms with van der Waals surface area (Å²) in [7, 11) is 0. The van der Waals surface area contributed by atoms with Gasteiger partial charge in [0.15, 0.2) is 12.1 Å². The average Bonchev–Trinajstić information content (AvgIpc) is 2.34. The number of allylic oxidation sites excluding steroid dienone is 1. The molecule has 0 atom stereocenters. The number of rotatable bonds is 5. The fourth-order valence-corrected chi connectivity index (χ4v) is 1.31. The topological polar surface area (TPSA) is 109 Å². The molecule has 0 aliphatic rings. The lowest BCUT2D eigenvalue weighted by molar-refractivity contribution is -0.131. The third kappa shape index (κ3) is 2.88. The summed E-state index contributed by atoms with van der Waals surface area (Å²) in [5.41, 5.74) is -1.14. The summed E-state index contributed by atoms with van der Waals surface area (Å²) in [6.07, 6.45) is 0.517. The number of aldehydes is 1. The standard InChI is InChI=1S/C12H8O6/c13-6-7(5-10(14)15)11(16)8-3-1-2-4-9(8)12(17)18/h1-6H,(H,14,15)(H,17,18). The number of hydrogen-bond donors (Lipinski definition) is 2. The van der Waals surface area contributed by atoms with Crippen molar-refractivity contribution in [2.24, 2.45) is 0 Å². The van der Waals surface area contributed by atoms with Crippen molar-refractivity contribution < 1.29 is 29.4 Å². The molecule has 6 nitrogen and oxygen atoms in total. The van der Waals surface area contributed by atoms with Gasteiger partial charge in [0, 0.05) is 11.6 Å². The fraction of sp³-hybridized carbons (Fsp3) is 0. The molecular weight excluding hydrogens is 240 g/mol. The summed E-state index contributed by atoms with van der Waals surface area (Å²) in [5.74, 6) is -3.73. The molecule has 1 aromatic carbocycles. The molecular formula is C12H8O6. The first-order valence-corrected chi connectivity index (χ1v) is 4.74. The summed E-state index contributed by atoms with van der Waals surface area (Å²) in [4.78, 5) is 43.7. The van der Waals surface area contributed by atoms with Crippen LogP contribution < -0.4 is 0 Å². The second kappa shape index (κ2) is 5.53. The SMILES string of the molecule is O=CC(=CC(=O)O)C(=O)c1ccccc1C(=O)O. The van der Waals surface area contributed by atoms with Gasteiger partial charge in [-0.3, -0.25) is 9.59 Å². The van der Waals surface area contributed by atoms with E-state index in [-0.39, 0.29) is 17.4 Å². The first-order chi connectivity index (χ1) is 8.47. The van der Waals surface area contributed by atoms with Crippen LogP contribution >= 0.6 is 0 Å². The Morgan fingerprint density at radius 2 is 1.56 bits per heavy atom. The van der Waals surface area contributed by atoms with Crippen LogP contribution in [0.3, 0.4) is 0 Å². The first-order valence-electron chi connectivity index (χ1n) is 4.74. The van der Waals surface area contributed by atoms with E-state index in [1.807, 2.05) is 0 Å². The van der Waals surface area contributed by atoms with E-state index in [2.05, 4.69) is 0 Å². The lowest BCUT2D eigenvalue weighted by atomic mass is 9.99. The quantitative estimate of drug-likeness (QED) is 0.262. The van der Waals surface area contributed by atoms with Gasteiger partial charge in [-0.25, -0.2) is 9.59 Å². The molecule has 0 aliphatic carbocycles. The van der Waals surface area contributed by atoms with E-state index < -0.39 is 23.3 Å². The number of carbonyl (C=O) groups is 4. The van der Waals surface area contributed by atoms with Crippen molar-refractivity contribution in [3.63, 3.8) is 0 Å². The van der Waals surface area contributed by atoms with Gasteiger partial charge in [0.05, 0.1) is 11.1 Å². The zero-order valence-electron chi connectivity index (χ0n) is 8.99. The highest BCUT2D eigenvalue weighted by Gasteiger charge is 2.19. The summed E-state index contributed by atoms with van der Waals surface area (Å²) in [5, 5.41) is 17.4. The van der Waals surface area contributed by atoms with Gasteiger partial charge in [0.1, 0.15) is 0 Å². The number of hydrogen-bond acceptors (Lipinski definition) is 4. The number of Topliss-reactive ketones (excluding diaryl/α,β-unsaturated/α-hetero) is 1. The summed E-state index contributed by atoms with van der Waals surface area (Å²) in [6, 6.07) is 5.24. The third-order valence-corrected chi connectivity index (χ3v) is 2.07. The van der Waals surface area contributed by atoms with Crippen molar-refractivity contribution in [1.29, 1.82) is 0 Å². The Bertz CT molecular complexity index is 555. The largest absolute Gasteiger partial charge is 0.478 e. The molecule has 0 unspecified atom stereocenters. The number of carboxylic acids is 2. The molecule has 0 heterocycles. The molecule has 0 spiro atoms. The molecule has 18 heavy (non-hydrogen) atoms. The molecule has 0 saturated carbocycles. The van der Waals surface area contributed by atoms with Crippen LogP contribution in [-0.4, -0.2) is 34.2 Å². The highest BCUT2D eigenvalue weighted by atomic mass is 16.4. The molecule has 0 saturated heterocycles. The molecule has 1 rings (SSSR count). The van der Waals surface area contributed by atoms with Gasteiger partial charge in [-0.15, -0.1) is 0 Å². The minimum Gasteiger partial charge on any atom is -0.478 e. The van der Waals surface area contributed by atoms with E-state index in [9.17, 15) is 19.2 Å². The number of aliphatic carboxylic acids is 1. The number of ketones is 1. The van der Waals surface area contributed by atoms with Crippen molar-refractivity contribution in [3.05, 3.63) is 47.0 Å². The lowest BCUT2D eigenvalue weighted by Crippen LogP contribution is -2.12. The van der Waals surface area contributed by atoms with Crippen LogP contribution in [0.1, 0.15) is 20.7 Å². The molecule has 0 radical (unpaired) electrons. The second-order valence-electron chi connectivity index (χ2n) is 3.24. The monoisotopic (exact) mass is 248 g/mol. The summed E-state index contributed by atoms with van der Waals surface area (Å²) < 4.78 is 0. The van der Waals surface area contributed by atoms with E-state index in [0.717, 1.165) is 0 Å². The Labute approximate surface area is 101 Å². The van der Waals surface area contributed by atoms with Gasteiger partial charge in [-0.05, 0) is 6.07 Å². The Hall–Kier alpha value is -2.76. The Morgan fingerprint density at radius 3 is 2.00 bits per heavy atom. The van der Waals surface area contributed by atoms with Gasteiger partial charge < -0.3 is 10.2 Å². The van der Waals surface area contributed by atoms with Crippen LogP contribution in [0.25, 0.3) is 0 Å². The average molecular weight is 248 g/mol. The maximum Gasteiger partial charge on any atom is 0.336 e. The maximum absolute atomic E-state index is 11.8. The highest BCUT2D eigenvalue weighted by Crippen LogP contribution is 2.13. The molecule has 0 fully saturated rings. The van der Waals surface area contributed by atoms with E-state index >= 15 is 0 Å². The molecule has 6 heteroatoms. The van der Waals surface area contributed by atoms with E-state index in [1.165, 1.54) is 24.3 Å². The summed E-state index contributed by atoms with van der Waals surface area (Å²) >= 11 is 0. The normalized spacial score (nSPS) is 10.8. The molecule has 2 N–H and O–H groups in total. The molecule has 0 aliphatic heterocycles. The van der Waals surface area contributed by atoms with Gasteiger partial charge in [0.2, 0.25) is 0 Å². The Balaban J connectivity index is 3.30. The smallest absolute Gasteiger partial charge is 0.336 e. The maximum atomic E-state index is 11.8.